The predicted octanol–water partition coefficient (Wildman–Crippen LogP) is 3.47. The number of nitrogens with one attached hydrogen (secondary N) is 1. The zero-order valence-corrected chi connectivity index (χ0v) is 23.7. The number of hydrogen-bond acceptors (Lipinski definition) is 7. The van der Waals surface area contributed by atoms with Gasteiger partial charge in [0, 0.05) is 25.2 Å². The number of ether oxygens (including phenoxy) is 1. The summed E-state index contributed by atoms with van der Waals surface area (Å²) in [6, 6.07) is 16.9. The molecule has 3 atom stereocenters. The largest absolute Gasteiger partial charge is 0.488 e. The fourth-order valence-corrected chi connectivity index (χ4v) is 6.80. The summed E-state index contributed by atoms with van der Waals surface area (Å²) in [7, 11) is -2.20. The summed E-state index contributed by atoms with van der Waals surface area (Å²) in [5.41, 5.74) is 1.53. The van der Waals surface area contributed by atoms with Crippen LogP contribution in [0.5, 0.6) is 5.75 Å². The number of aliphatic hydroxyl groups is 1. The summed E-state index contributed by atoms with van der Waals surface area (Å²) in [6.45, 7) is 3.72. The van der Waals surface area contributed by atoms with Crippen LogP contribution in [0.3, 0.4) is 0 Å². The lowest BCUT2D eigenvalue weighted by atomic mass is 9.99. The van der Waals surface area contributed by atoms with Gasteiger partial charge in [-0.05, 0) is 42.1 Å². The molecule has 0 bridgehead atoms. The number of carbonyl (C=O) groups excluding carboxylic acids is 2. The molecule has 0 fully saturated rings. The van der Waals surface area contributed by atoms with Crippen LogP contribution in [0.1, 0.15) is 29.8 Å². The van der Waals surface area contributed by atoms with Crippen molar-refractivity contribution in [2.45, 2.75) is 36.6 Å². The Morgan fingerprint density at radius 2 is 1.95 bits per heavy atom. The third-order valence-corrected chi connectivity index (χ3v) is 9.95. The minimum atomic E-state index is -3.70. The topological polar surface area (TPSA) is 116 Å². The van der Waals surface area contributed by atoms with Crippen LogP contribution in [0.2, 0.25) is 0 Å². The minimum absolute atomic E-state index is 0.0614. The molecule has 0 spiro atoms. The van der Waals surface area contributed by atoms with Gasteiger partial charge in [0.25, 0.3) is 15.9 Å². The highest BCUT2D eigenvalue weighted by molar-refractivity contribution is 7.91. The maximum Gasteiger partial charge on any atom is 0.258 e. The molecular formula is C28H33N3O6S2. The molecule has 1 aliphatic heterocycles. The number of hydrogen-bond donors (Lipinski definition) is 2. The highest BCUT2D eigenvalue weighted by atomic mass is 32.2. The van der Waals surface area contributed by atoms with E-state index in [9.17, 15) is 23.1 Å². The number of amides is 2. The number of anilines is 1. The Labute approximate surface area is 233 Å². The van der Waals surface area contributed by atoms with Crippen molar-refractivity contribution in [3.8, 4) is 5.75 Å². The third-order valence-electron chi connectivity index (χ3n) is 6.75. The number of likely N-dealkylation sites (N-methyl/N-ethyl adjacent to an activating group) is 1. The van der Waals surface area contributed by atoms with Crippen molar-refractivity contribution in [2.24, 2.45) is 5.92 Å². The number of nitrogens with zero attached hydrogens (tertiary/aromatic N) is 2. The average molecular weight is 572 g/mol. The summed E-state index contributed by atoms with van der Waals surface area (Å²) < 4.78 is 33.9. The number of thiophene rings is 1. The molecule has 2 aromatic carbocycles. The van der Waals surface area contributed by atoms with Gasteiger partial charge in [0.15, 0.2) is 0 Å². The van der Waals surface area contributed by atoms with Crippen LogP contribution in [-0.4, -0.2) is 73.4 Å². The van der Waals surface area contributed by atoms with Crippen LogP contribution >= 0.6 is 11.3 Å². The second kappa shape index (κ2) is 12.3. The van der Waals surface area contributed by atoms with Crippen LogP contribution in [0.4, 0.5) is 5.69 Å². The molecule has 0 radical (unpaired) electrons. The van der Waals surface area contributed by atoms with Crippen LogP contribution in [0, 0.1) is 5.92 Å². The van der Waals surface area contributed by atoms with Crippen LogP contribution in [0.25, 0.3) is 0 Å². The molecule has 0 saturated carbocycles. The second-order valence-corrected chi connectivity index (χ2v) is 13.0. The minimum Gasteiger partial charge on any atom is -0.488 e. The van der Waals surface area contributed by atoms with E-state index in [0.29, 0.717) is 5.69 Å². The van der Waals surface area contributed by atoms with Crippen molar-refractivity contribution in [2.75, 3.05) is 32.1 Å². The van der Waals surface area contributed by atoms with Gasteiger partial charge in [0.1, 0.15) is 16.1 Å². The first-order valence-corrected chi connectivity index (χ1v) is 15.0. The number of benzene rings is 2. The van der Waals surface area contributed by atoms with E-state index in [4.69, 9.17) is 4.74 Å². The Kier molecular flexibility index (Phi) is 9.06. The van der Waals surface area contributed by atoms with Crippen LogP contribution in [0.15, 0.2) is 70.3 Å². The van der Waals surface area contributed by atoms with E-state index in [1.54, 1.807) is 47.5 Å². The third kappa shape index (κ3) is 6.67. The van der Waals surface area contributed by atoms with Gasteiger partial charge in [-0.15, -0.1) is 11.3 Å². The average Bonchev–Trinajstić information content (AvgIpc) is 3.47. The number of sulfonamides is 1. The number of fused-ring (bicyclic) bond motifs is 1. The Balaban J connectivity index is 1.61. The number of aliphatic hydroxyl groups excluding tert-OH is 1. The normalized spacial score (nSPS) is 18.6. The molecule has 39 heavy (non-hydrogen) atoms. The fourth-order valence-electron chi connectivity index (χ4n) is 4.42. The Morgan fingerprint density at radius 1 is 1.21 bits per heavy atom. The lowest BCUT2D eigenvalue weighted by Gasteiger charge is -2.38. The molecule has 2 amide bonds. The highest BCUT2D eigenvalue weighted by Gasteiger charge is 2.35. The van der Waals surface area contributed by atoms with Crippen molar-refractivity contribution >= 4 is 38.9 Å². The first-order chi connectivity index (χ1) is 18.6. The second-order valence-electron chi connectivity index (χ2n) is 9.76. The SMILES string of the molecule is C[C@@H]1CN([C@@H](C)CO)C(=O)c2cc(NC(=O)Cc3ccccc3)ccc2O[C@H]1CN(C)S(=O)(=O)c1cccs1. The molecule has 208 valence electrons. The van der Waals surface area contributed by atoms with Gasteiger partial charge in [-0.1, -0.05) is 43.3 Å². The monoisotopic (exact) mass is 571 g/mol. The van der Waals surface area contributed by atoms with Gasteiger partial charge in [0.05, 0.1) is 31.2 Å². The predicted molar refractivity (Wildman–Crippen MR) is 151 cm³/mol. The maximum atomic E-state index is 13.6. The smallest absolute Gasteiger partial charge is 0.258 e. The Hall–Kier alpha value is -3.25. The van der Waals surface area contributed by atoms with Crippen molar-refractivity contribution in [1.82, 2.24) is 9.21 Å². The molecule has 11 heteroatoms. The summed E-state index contributed by atoms with van der Waals surface area (Å²) in [4.78, 5) is 27.8. The van der Waals surface area contributed by atoms with Crippen LogP contribution < -0.4 is 10.1 Å². The van der Waals surface area contributed by atoms with Gasteiger partial charge in [-0.3, -0.25) is 9.59 Å². The van der Waals surface area contributed by atoms with Crippen molar-refractivity contribution in [3.05, 3.63) is 77.2 Å². The standard InChI is InChI=1S/C28H33N3O6S2/c1-19-16-31(20(2)18-32)28(34)23-15-22(29-26(33)14-21-8-5-4-6-9-21)11-12-24(23)37-25(19)17-30(3)39(35,36)27-10-7-13-38-27/h4-13,15,19-20,25,32H,14,16-18H2,1-3H3,(H,29,33)/t19-,20+,25+/m1/s1. The van der Waals surface area contributed by atoms with E-state index in [1.165, 1.54) is 11.4 Å². The fraction of sp³-hybridized carbons (Fsp3) is 0.357. The summed E-state index contributed by atoms with van der Waals surface area (Å²) in [5, 5.41) is 14.4. The molecule has 4 rings (SSSR count). The number of rotatable bonds is 9. The van der Waals surface area contributed by atoms with Gasteiger partial charge in [-0.2, -0.15) is 4.31 Å². The van der Waals surface area contributed by atoms with Crippen LogP contribution in [-0.2, 0) is 21.2 Å². The molecule has 0 unspecified atom stereocenters. The lowest BCUT2D eigenvalue weighted by Crippen LogP contribution is -2.50. The number of carbonyl (C=O) groups is 2. The van der Waals surface area contributed by atoms with Gasteiger partial charge in [0.2, 0.25) is 5.91 Å². The van der Waals surface area contributed by atoms with E-state index in [-0.39, 0.29) is 59.4 Å². The van der Waals surface area contributed by atoms with Crippen molar-refractivity contribution in [1.29, 1.82) is 0 Å². The zero-order chi connectivity index (χ0) is 28.2. The van der Waals surface area contributed by atoms with Gasteiger partial charge >= 0.3 is 0 Å². The summed E-state index contributed by atoms with van der Waals surface area (Å²) in [5.74, 6) is -0.527. The van der Waals surface area contributed by atoms with E-state index in [0.717, 1.165) is 16.9 Å². The van der Waals surface area contributed by atoms with E-state index < -0.39 is 22.2 Å². The van der Waals surface area contributed by atoms with Crippen molar-refractivity contribution in [3.63, 3.8) is 0 Å². The zero-order valence-electron chi connectivity index (χ0n) is 22.1. The highest BCUT2D eigenvalue weighted by Crippen LogP contribution is 2.31. The molecule has 0 aliphatic carbocycles. The first kappa shape index (κ1) is 28.8. The molecule has 2 heterocycles. The summed E-state index contributed by atoms with van der Waals surface area (Å²) >= 11 is 1.15. The summed E-state index contributed by atoms with van der Waals surface area (Å²) in [6.07, 6.45) is -0.399. The lowest BCUT2D eigenvalue weighted by molar-refractivity contribution is -0.115. The molecule has 1 aromatic heterocycles. The molecule has 2 N–H and O–H groups in total. The van der Waals surface area contributed by atoms with Gasteiger partial charge < -0.3 is 20.1 Å². The molecule has 3 aromatic rings. The van der Waals surface area contributed by atoms with Gasteiger partial charge in [-0.25, -0.2) is 8.42 Å². The maximum absolute atomic E-state index is 13.6. The quantitative estimate of drug-likeness (QED) is 0.406. The molecular weight excluding hydrogens is 538 g/mol. The van der Waals surface area contributed by atoms with E-state index in [2.05, 4.69) is 5.32 Å². The van der Waals surface area contributed by atoms with Crippen molar-refractivity contribution < 1.29 is 27.9 Å². The van der Waals surface area contributed by atoms with E-state index >= 15 is 0 Å². The first-order valence-electron chi connectivity index (χ1n) is 12.7. The molecule has 1 aliphatic rings. The Bertz CT molecular complexity index is 1400. The Morgan fingerprint density at radius 3 is 2.62 bits per heavy atom. The van der Waals surface area contributed by atoms with E-state index in [1.807, 2.05) is 37.3 Å². The molecule has 0 saturated heterocycles. The molecule has 9 nitrogen and oxygen atoms in total.